The summed E-state index contributed by atoms with van der Waals surface area (Å²) in [4.78, 5) is 28.9. The topological polar surface area (TPSA) is 74.3 Å². The third-order valence-corrected chi connectivity index (χ3v) is 6.39. The number of hydrogen-bond acceptors (Lipinski definition) is 5. The van der Waals surface area contributed by atoms with Crippen LogP contribution in [0.3, 0.4) is 0 Å². The number of aromatic nitrogens is 1. The van der Waals surface area contributed by atoms with Crippen molar-refractivity contribution in [2.45, 2.75) is 11.4 Å². The zero-order valence-electron chi connectivity index (χ0n) is 15.0. The van der Waals surface area contributed by atoms with E-state index in [-0.39, 0.29) is 24.4 Å². The molecule has 2 unspecified atom stereocenters. The molecule has 1 fully saturated rings. The number of alkyl halides is 1. The second kappa shape index (κ2) is 8.62. The Hall–Kier alpha value is -2.26. The zero-order valence-corrected chi connectivity index (χ0v) is 18.2. The number of nitrogens with one attached hydrogen (secondary N) is 2. The molecule has 1 saturated heterocycles. The number of thiazole rings is 1. The molecule has 9 heteroatoms. The first-order valence-corrected chi connectivity index (χ1v) is 10.9. The third-order valence-electron chi connectivity index (χ3n) is 4.48. The number of β-lactam (4-membered cyclic amide) rings is 1. The first-order valence-electron chi connectivity index (χ1n) is 8.80. The molecule has 1 aliphatic heterocycles. The lowest BCUT2D eigenvalue weighted by atomic mass is 9.95. The number of benzene rings is 2. The number of hydrogen-bond donors (Lipinski definition) is 2. The molecule has 148 valence electrons. The summed E-state index contributed by atoms with van der Waals surface area (Å²) in [5.41, 5.74) is 5.54. The van der Waals surface area contributed by atoms with E-state index < -0.39 is 5.38 Å². The molecule has 0 bridgehead atoms. The van der Waals surface area contributed by atoms with Gasteiger partial charge < -0.3 is 5.32 Å². The molecule has 0 spiro atoms. The van der Waals surface area contributed by atoms with E-state index in [1.54, 1.807) is 0 Å². The van der Waals surface area contributed by atoms with Crippen molar-refractivity contribution >= 4 is 55.8 Å². The van der Waals surface area contributed by atoms with Crippen molar-refractivity contribution in [2.24, 2.45) is 0 Å². The summed E-state index contributed by atoms with van der Waals surface area (Å²) in [7, 11) is 0. The summed E-state index contributed by atoms with van der Waals surface area (Å²) in [6, 6.07) is 16.9. The van der Waals surface area contributed by atoms with Crippen LogP contribution in [0, 0.1) is 0 Å². The molecule has 4 rings (SSSR count). The van der Waals surface area contributed by atoms with Gasteiger partial charge in [0.05, 0.1) is 18.3 Å². The molecule has 2 amide bonds. The Morgan fingerprint density at radius 3 is 2.66 bits per heavy atom. The number of halogens is 2. The van der Waals surface area contributed by atoms with Crippen LogP contribution < -0.4 is 10.7 Å². The van der Waals surface area contributed by atoms with Crippen LogP contribution in [0.25, 0.3) is 11.3 Å². The summed E-state index contributed by atoms with van der Waals surface area (Å²) in [6.45, 7) is -0.0729. The van der Waals surface area contributed by atoms with Crippen molar-refractivity contribution in [3.05, 3.63) is 70.0 Å². The minimum absolute atomic E-state index is 0.0729. The Balaban J connectivity index is 1.36. The van der Waals surface area contributed by atoms with E-state index in [9.17, 15) is 9.59 Å². The van der Waals surface area contributed by atoms with Crippen molar-refractivity contribution in [3.63, 3.8) is 0 Å². The Bertz CT molecular complexity index is 1050. The van der Waals surface area contributed by atoms with E-state index in [0.29, 0.717) is 5.13 Å². The maximum Gasteiger partial charge on any atom is 0.257 e. The van der Waals surface area contributed by atoms with Gasteiger partial charge in [-0.3, -0.25) is 14.6 Å². The molecule has 0 saturated carbocycles. The summed E-state index contributed by atoms with van der Waals surface area (Å²) in [5.74, 6) is -0.559. The van der Waals surface area contributed by atoms with E-state index >= 15 is 0 Å². The van der Waals surface area contributed by atoms with E-state index in [1.807, 2.05) is 60.0 Å². The molecular formula is C20H16BrClN4O2S. The minimum atomic E-state index is -0.670. The first-order chi connectivity index (χ1) is 14.0. The Morgan fingerprint density at radius 2 is 1.90 bits per heavy atom. The highest BCUT2D eigenvalue weighted by Gasteiger charge is 2.48. The van der Waals surface area contributed by atoms with Crippen LogP contribution in [0.15, 0.2) is 64.5 Å². The maximum atomic E-state index is 12.3. The molecule has 29 heavy (non-hydrogen) atoms. The molecule has 3 aromatic rings. The average Bonchev–Trinajstić information content (AvgIpc) is 3.20. The van der Waals surface area contributed by atoms with E-state index in [4.69, 9.17) is 11.6 Å². The summed E-state index contributed by atoms with van der Waals surface area (Å²) in [5, 5.41) is 5.87. The quantitative estimate of drug-likeness (QED) is 0.400. The first kappa shape index (κ1) is 20.0. The van der Waals surface area contributed by atoms with Gasteiger partial charge in [-0.1, -0.05) is 64.5 Å². The SMILES string of the molecule is O=C(CNN1C(=O)C(Cl)C1c1ccccc1Br)Nc1nc(-c2ccccc2)cs1. The Morgan fingerprint density at radius 1 is 1.17 bits per heavy atom. The van der Waals surface area contributed by atoms with Crippen LogP contribution in [0.2, 0.25) is 0 Å². The summed E-state index contributed by atoms with van der Waals surface area (Å²) in [6.07, 6.45) is 0. The number of nitrogens with zero attached hydrogens (tertiary/aromatic N) is 2. The molecule has 2 atom stereocenters. The van der Waals surface area contributed by atoms with Gasteiger partial charge in [0.2, 0.25) is 5.91 Å². The van der Waals surface area contributed by atoms with Gasteiger partial charge in [-0.25, -0.2) is 10.4 Å². The molecule has 6 nitrogen and oxygen atoms in total. The van der Waals surface area contributed by atoms with Crippen LogP contribution in [-0.2, 0) is 9.59 Å². The molecule has 2 heterocycles. The Labute approximate surface area is 185 Å². The van der Waals surface area contributed by atoms with Crippen LogP contribution in [-0.4, -0.2) is 33.7 Å². The van der Waals surface area contributed by atoms with Gasteiger partial charge in [0, 0.05) is 15.4 Å². The van der Waals surface area contributed by atoms with E-state index in [2.05, 4.69) is 31.7 Å². The number of carbonyl (C=O) groups excluding carboxylic acids is 2. The number of carbonyl (C=O) groups is 2. The minimum Gasteiger partial charge on any atom is -0.301 e. The molecule has 1 aliphatic rings. The average molecular weight is 492 g/mol. The third kappa shape index (κ3) is 4.20. The number of hydrazine groups is 1. The van der Waals surface area contributed by atoms with Gasteiger partial charge in [-0.2, -0.15) is 0 Å². The van der Waals surface area contributed by atoms with Gasteiger partial charge in [-0.05, 0) is 11.6 Å². The summed E-state index contributed by atoms with van der Waals surface area (Å²) < 4.78 is 0.857. The maximum absolute atomic E-state index is 12.3. The van der Waals surface area contributed by atoms with Crippen molar-refractivity contribution in [1.82, 2.24) is 15.4 Å². The highest BCUT2D eigenvalue weighted by Crippen LogP contribution is 2.39. The van der Waals surface area contributed by atoms with Crippen molar-refractivity contribution in [2.75, 3.05) is 11.9 Å². The van der Waals surface area contributed by atoms with Crippen molar-refractivity contribution in [1.29, 1.82) is 0 Å². The lowest BCUT2D eigenvalue weighted by Crippen LogP contribution is -2.63. The largest absolute Gasteiger partial charge is 0.301 e. The number of anilines is 1. The van der Waals surface area contributed by atoms with E-state index in [1.165, 1.54) is 16.3 Å². The molecule has 2 aromatic carbocycles. The highest BCUT2D eigenvalue weighted by atomic mass is 79.9. The van der Waals surface area contributed by atoms with Crippen molar-refractivity contribution < 1.29 is 9.59 Å². The fourth-order valence-electron chi connectivity index (χ4n) is 3.03. The molecule has 0 aliphatic carbocycles. The number of rotatable bonds is 6. The smallest absolute Gasteiger partial charge is 0.257 e. The highest BCUT2D eigenvalue weighted by molar-refractivity contribution is 9.10. The fourth-order valence-corrected chi connectivity index (χ4v) is 4.64. The summed E-state index contributed by atoms with van der Waals surface area (Å²) >= 11 is 11.0. The normalized spacial score (nSPS) is 18.4. The molecular weight excluding hydrogens is 476 g/mol. The second-order valence-electron chi connectivity index (χ2n) is 6.36. The second-order valence-corrected chi connectivity index (χ2v) is 8.55. The van der Waals surface area contributed by atoms with Crippen LogP contribution in [0.4, 0.5) is 5.13 Å². The van der Waals surface area contributed by atoms with Crippen LogP contribution >= 0.6 is 38.9 Å². The molecule has 2 N–H and O–H groups in total. The molecule has 1 aromatic heterocycles. The van der Waals surface area contributed by atoms with Gasteiger partial charge in [0.25, 0.3) is 5.91 Å². The zero-order chi connectivity index (χ0) is 20.4. The lowest BCUT2D eigenvalue weighted by molar-refractivity contribution is -0.151. The van der Waals surface area contributed by atoms with Gasteiger partial charge in [0.15, 0.2) is 5.13 Å². The number of amides is 2. The van der Waals surface area contributed by atoms with Crippen LogP contribution in [0.5, 0.6) is 0 Å². The van der Waals surface area contributed by atoms with Gasteiger partial charge in [0.1, 0.15) is 5.38 Å². The lowest BCUT2D eigenvalue weighted by Gasteiger charge is -2.44. The predicted molar refractivity (Wildman–Crippen MR) is 118 cm³/mol. The standard InChI is InChI=1S/C20H16BrClN4O2S/c21-14-9-5-4-8-13(14)18-17(22)19(28)26(18)23-10-16(27)25-20-24-15(11-29-20)12-6-2-1-3-7-12/h1-9,11,17-18,23H,10H2,(H,24,25,27). The fraction of sp³-hybridized carbons (Fsp3) is 0.150. The predicted octanol–water partition coefficient (Wildman–Crippen LogP) is 4.21. The monoisotopic (exact) mass is 490 g/mol. The van der Waals surface area contributed by atoms with Gasteiger partial charge >= 0.3 is 0 Å². The van der Waals surface area contributed by atoms with Gasteiger partial charge in [-0.15, -0.1) is 22.9 Å². The van der Waals surface area contributed by atoms with E-state index in [0.717, 1.165) is 21.3 Å². The van der Waals surface area contributed by atoms with Crippen molar-refractivity contribution in [3.8, 4) is 11.3 Å². The molecule has 0 radical (unpaired) electrons. The Kier molecular flexibility index (Phi) is 5.96. The van der Waals surface area contributed by atoms with Crippen LogP contribution in [0.1, 0.15) is 11.6 Å².